The van der Waals surface area contributed by atoms with Crippen LogP contribution in [-0.2, 0) is 14.3 Å². The summed E-state index contributed by atoms with van der Waals surface area (Å²) < 4.78 is 3.42. The van der Waals surface area contributed by atoms with Gasteiger partial charge in [-0.15, -0.1) is 0 Å². The van der Waals surface area contributed by atoms with Crippen molar-refractivity contribution in [2.45, 2.75) is 14.8 Å². The van der Waals surface area contributed by atoms with Gasteiger partial charge in [-0.25, -0.2) is 4.79 Å². The zero-order valence-electron chi connectivity index (χ0n) is 6.19. The first kappa shape index (κ1) is 11.6. The second-order valence-corrected chi connectivity index (χ2v) is 7.14. The molecule has 0 unspecified atom stereocenters. The van der Waals surface area contributed by atoms with E-state index >= 15 is 0 Å². The molecule has 0 N–H and O–H groups in total. The van der Waals surface area contributed by atoms with E-state index in [9.17, 15) is 9.59 Å². The third-order valence-corrected chi connectivity index (χ3v) is 3.20. The van der Waals surface area contributed by atoms with Crippen molar-refractivity contribution < 1.29 is 14.3 Å². The van der Waals surface area contributed by atoms with E-state index in [1.165, 1.54) is 7.11 Å². The molecule has 0 fully saturated rings. The standard InChI is InChI=1S/C6H8I2O3/c1-3-4(9)6(7,8)5(10)11-2/h3H2,1-2H3. The van der Waals surface area contributed by atoms with Crippen LogP contribution in [0.3, 0.4) is 0 Å². The van der Waals surface area contributed by atoms with E-state index in [0.717, 1.165) is 0 Å². The highest BCUT2D eigenvalue weighted by molar-refractivity contribution is 14.2. The highest BCUT2D eigenvalue weighted by Gasteiger charge is 2.40. The van der Waals surface area contributed by atoms with Crippen molar-refractivity contribution >= 4 is 56.9 Å². The Morgan fingerprint density at radius 3 is 2.18 bits per heavy atom. The average molecular weight is 382 g/mol. The van der Waals surface area contributed by atoms with E-state index in [0.29, 0.717) is 6.42 Å². The number of Topliss-reactive ketones (excluding diaryl/α,β-unsaturated/α-hetero) is 1. The molecule has 0 aliphatic rings. The van der Waals surface area contributed by atoms with Crippen LogP contribution in [0.4, 0.5) is 0 Å². The van der Waals surface area contributed by atoms with Crippen molar-refractivity contribution in [3.05, 3.63) is 0 Å². The van der Waals surface area contributed by atoms with Gasteiger partial charge in [-0.05, 0) is 45.2 Å². The van der Waals surface area contributed by atoms with E-state index in [1.807, 2.05) is 0 Å². The molecule has 0 saturated carbocycles. The predicted octanol–water partition coefficient (Wildman–Crippen LogP) is 1.70. The van der Waals surface area contributed by atoms with Gasteiger partial charge in [0, 0.05) is 6.42 Å². The molecule has 0 aromatic carbocycles. The lowest BCUT2D eigenvalue weighted by molar-refractivity contribution is -0.142. The van der Waals surface area contributed by atoms with E-state index in [-0.39, 0.29) is 5.78 Å². The fraction of sp³-hybridized carbons (Fsp3) is 0.667. The van der Waals surface area contributed by atoms with Crippen LogP contribution >= 0.6 is 45.2 Å². The zero-order valence-corrected chi connectivity index (χ0v) is 10.5. The van der Waals surface area contributed by atoms with Crippen LogP contribution in [0.2, 0.25) is 0 Å². The lowest BCUT2D eigenvalue weighted by Gasteiger charge is -2.14. The number of carbonyl (C=O) groups excluding carboxylic acids is 2. The summed E-state index contributed by atoms with van der Waals surface area (Å²) in [7, 11) is 1.28. The molecule has 0 aliphatic heterocycles. The first-order chi connectivity index (χ1) is 4.96. The summed E-state index contributed by atoms with van der Waals surface area (Å²) in [5.41, 5.74) is 0. The molecule has 0 amide bonds. The molecule has 0 spiro atoms. The molecule has 5 heteroatoms. The number of esters is 1. The van der Waals surface area contributed by atoms with Crippen molar-refractivity contribution in [3.8, 4) is 0 Å². The second kappa shape index (κ2) is 4.58. The fourth-order valence-electron chi connectivity index (χ4n) is 0.464. The zero-order chi connectivity index (χ0) is 9.07. The van der Waals surface area contributed by atoms with Crippen LogP contribution in [0, 0.1) is 0 Å². The van der Waals surface area contributed by atoms with E-state index in [4.69, 9.17) is 0 Å². The molecule has 0 rings (SSSR count). The van der Waals surface area contributed by atoms with Gasteiger partial charge in [-0.1, -0.05) is 6.92 Å². The van der Waals surface area contributed by atoms with Crippen molar-refractivity contribution in [1.29, 1.82) is 0 Å². The van der Waals surface area contributed by atoms with Crippen LogP contribution in [0.25, 0.3) is 0 Å². The summed E-state index contributed by atoms with van der Waals surface area (Å²) >= 11 is 3.58. The van der Waals surface area contributed by atoms with Gasteiger partial charge in [0.1, 0.15) is 0 Å². The van der Waals surface area contributed by atoms with Gasteiger partial charge >= 0.3 is 5.97 Å². The maximum atomic E-state index is 11.1. The van der Waals surface area contributed by atoms with Crippen molar-refractivity contribution in [2.75, 3.05) is 7.11 Å². The summed E-state index contributed by atoms with van der Waals surface area (Å²) in [4.78, 5) is 22.1. The van der Waals surface area contributed by atoms with Crippen molar-refractivity contribution in [2.24, 2.45) is 0 Å². The van der Waals surface area contributed by atoms with E-state index < -0.39 is 7.40 Å². The SMILES string of the molecule is CCC(=O)C(I)(I)C(=O)OC. The molecule has 11 heavy (non-hydrogen) atoms. The highest BCUT2D eigenvalue weighted by Crippen LogP contribution is 2.31. The van der Waals surface area contributed by atoms with Crippen LogP contribution in [0.15, 0.2) is 0 Å². The Bertz CT molecular complexity index is 159. The predicted molar refractivity (Wildman–Crippen MR) is 58.1 cm³/mol. The Balaban J connectivity index is 4.44. The molecule has 3 nitrogen and oxygen atoms in total. The molecule has 0 aliphatic carbocycles. The lowest BCUT2D eigenvalue weighted by atomic mass is 10.2. The smallest absolute Gasteiger partial charge is 0.339 e. The summed E-state index contributed by atoms with van der Waals surface area (Å²) in [5.74, 6) is -0.615. The number of halogens is 2. The topological polar surface area (TPSA) is 43.4 Å². The third kappa shape index (κ3) is 2.85. The quantitative estimate of drug-likeness (QED) is 0.323. The summed E-state index contributed by atoms with van der Waals surface area (Å²) in [5, 5.41) is 0. The number of methoxy groups -OCH3 is 1. The number of ketones is 1. The van der Waals surface area contributed by atoms with Gasteiger partial charge in [0.15, 0.2) is 5.78 Å². The molecule has 0 aromatic heterocycles. The van der Waals surface area contributed by atoms with Crippen LogP contribution < -0.4 is 0 Å². The molecule has 0 radical (unpaired) electrons. The molecule has 0 saturated heterocycles. The number of rotatable bonds is 3. The van der Waals surface area contributed by atoms with Gasteiger partial charge in [-0.3, -0.25) is 4.79 Å². The molecular formula is C6H8I2O3. The highest BCUT2D eigenvalue weighted by atomic mass is 127. The third-order valence-electron chi connectivity index (χ3n) is 1.11. The summed E-state index contributed by atoms with van der Waals surface area (Å²) in [6.07, 6.45) is 0.348. The van der Waals surface area contributed by atoms with E-state index in [2.05, 4.69) is 4.74 Å². The minimum Gasteiger partial charge on any atom is -0.467 e. The minimum absolute atomic E-state index is 0.120. The number of ether oxygens (including phenoxy) is 1. The number of alkyl halides is 2. The minimum atomic E-state index is -1.04. The Morgan fingerprint density at radius 1 is 1.45 bits per heavy atom. The molecule has 0 bridgehead atoms. The molecule has 64 valence electrons. The maximum Gasteiger partial charge on any atom is 0.339 e. The largest absolute Gasteiger partial charge is 0.467 e. The molecule has 0 atom stereocenters. The number of carbonyl (C=O) groups is 2. The second-order valence-electron chi connectivity index (χ2n) is 1.84. The Labute approximate surface area is 92.5 Å². The maximum absolute atomic E-state index is 11.1. The van der Waals surface area contributed by atoms with Gasteiger partial charge in [0.2, 0.25) is 1.43 Å². The van der Waals surface area contributed by atoms with Crippen molar-refractivity contribution in [1.82, 2.24) is 0 Å². The van der Waals surface area contributed by atoms with Gasteiger partial charge < -0.3 is 4.74 Å². The summed E-state index contributed by atoms with van der Waals surface area (Å²) in [6, 6.07) is 0. The number of hydrogen-bond acceptors (Lipinski definition) is 3. The van der Waals surface area contributed by atoms with Gasteiger partial charge in [0.25, 0.3) is 0 Å². The lowest BCUT2D eigenvalue weighted by Crippen LogP contribution is -2.34. The Hall–Kier alpha value is 0.600. The molecule has 0 heterocycles. The van der Waals surface area contributed by atoms with Gasteiger partial charge in [0.05, 0.1) is 7.11 Å². The Morgan fingerprint density at radius 2 is 1.91 bits per heavy atom. The normalized spacial score (nSPS) is 10.9. The monoisotopic (exact) mass is 382 g/mol. The van der Waals surface area contributed by atoms with Crippen molar-refractivity contribution in [3.63, 3.8) is 0 Å². The molecular weight excluding hydrogens is 374 g/mol. The van der Waals surface area contributed by atoms with E-state index in [1.54, 1.807) is 52.1 Å². The first-order valence-electron chi connectivity index (χ1n) is 2.96. The summed E-state index contributed by atoms with van der Waals surface area (Å²) in [6.45, 7) is 1.72. The van der Waals surface area contributed by atoms with Crippen LogP contribution in [0.1, 0.15) is 13.3 Å². The number of hydrogen-bond donors (Lipinski definition) is 0. The fourth-order valence-corrected chi connectivity index (χ4v) is 1.67. The van der Waals surface area contributed by atoms with Crippen LogP contribution in [-0.4, -0.2) is 20.3 Å². The van der Waals surface area contributed by atoms with Crippen LogP contribution in [0.5, 0.6) is 0 Å². The Kier molecular flexibility index (Phi) is 4.83. The molecule has 0 aromatic rings. The first-order valence-corrected chi connectivity index (χ1v) is 5.12. The van der Waals surface area contributed by atoms with Gasteiger partial charge in [-0.2, -0.15) is 0 Å². The average Bonchev–Trinajstić information content (AvgIpc) is 2.01.